The first kappa shape index (κ1) is 24.3. The van der Waals surface area contributed by atoms with E-state index in [1.807, 2.05) is 21.0 Å². The number of hydrogen-bond acceptors (Lipinski definition) is 5. The van der Waals surface area contributed by atoms with Gasteiger partial charge in [0.25, 0.3) is 0 Å². The SMILES string of the molecule is CCCC[C@@H](CN(O)C=O)C(=O)N[C@@H](CCCCN(C)C)C(=O)N(C)C. The second-order valence-corrected chi connectivity index (χ2v) is 7.16. The predicted octanol–water partition coefficient (Wildman–Crippen LogP) is 0.945. The molecule has 152 valence electrons. The van der Waals surface area contributed by atoms with E-state index in [-0.39, 0.29) is 24.8 Å². The highest BCUT2D eigenvalue weighted by Crippen LogP contribution is 2.12. The standard InChI is InChI=1S/C18H36N4O4/c1-6-7-10-15(13-22(26)14-23)17(24)19-16(18(25)21(4)5)11-8-9-12-20(2)3/h14-16,26H,6-13H2,1-5H3,(H,19,24)/t15-,16-/m0/s1. The molecule has 0 saturated heterocycles. The number of hydrogen-bond donors (Lipinski definition) is 2. The van der Waals surface area contributed by atoms with Gasteiger partial charge in [-0.05, 0) is 46.3 Å². The molecule has 2 N–H and O–H groups in total. The van der Waals surface area contributed by atoms with Crippen molar-refractivity contribution in [2.24, 2.45) is 5.92 Å². The Morgan fingerprint density at radius 1 is 1.08 bits per heavy atom. The first-order valence-electron chi connectivity index (χ1n) is 9.29. The van der Waals surface area contributed by atoms with Gasteiger partial charge in [-0.2, -0.15) is 0 Å². The van der Waals surface area contributed by atoms with Crippen LogP contribution >= 0.6 is 0 Å². The molecule has 26 heavy (non-hydrogen) atoms. The molecule has 0 aromatic heterocycles. The third kappa shape index (κ3) is 10.4. The summed E-state index contributed by atoms with van der Waals surface area (Å²) in [5.41, 5.74) is 0. The van der Waals surface area contributed by atoms with Gasteiger partial charge in [0.15, 0.2) is 0 Å². The van der Waals surface area contributed by atoms with Gasteiger partial charge in [-0.1, -0.05) is 19.8 Å². The zero-order valence-corrected chi connectivity index (χ0v) is 16.9. The van der Waals surface area contributed by atoms with Crippen LogP contribution in [0.2, 0.25) is 0 Å². The molecule has 0 spiro atoms. The number of amides is 3. The van der Waals surface area contributed by atoms with Crippen molar-refractivity contribution in [2.45, 2.75) is 51.5 Å². The van der Waals surface area contributed by atoms with Crippen LogP contribution < -0.4 is 5.32 Å². The van der Waals surface area contributed by atoms with E-state index in [1.54, 1.807) is 14.1 Å². The molecule has 0 aromatic rings. The number of nitrogens with one attached hydrogen (secondary N) is 1. The van der Waals surface area contributed by atoms with E-state index >= 15 is 0 Å². The van der Waals surface area contributed by atoms with Crippen molar-refractivity contribution in [2.75, 3.05) is 41.3 Å². The van der Waals surface area contributed by atoms with Crippen LogP contribution in [-0.2, 0) is 14.4 Å². The van der Waals surface area contributed by atoms with Gasteiger partial charge < -0.3 is 15.1 Å². The number of nitrogens with zero attached hydrogens (tertiary/aromatic N) is 3. The maximum atomic E-state index is 12.6. The summed E-state index contributed by atoms with van der Waals surface area (Å²) in [5, 5.41) is 12.8. The molecule has 0 aromatic carbocycles. The number of carbonyl (C=O) groups excluding carboxylic acids is 3. The summed E-state index contributed by atoms with van der Waals surface area (Å²) < 4.78 is 0. The molecule has 8 heteroatoms. The number of unbranched alkanes of at least 4 members (excludes halogenated alkanes) is 2. The average molecular weight is 373 g/mol. The third-order valence-electron chi connectivity index (χ3n) is 4.21. The zero-order valence-electron chi connectivity index (χ0n) is 16.9. The van der Waals surface area contributed by atoms with Crippen molar-refractivity contribution in [3.05, 3.63) is 0 Å². The van der Waals surface area contributed by atoms with Crippen molar-refractivity contribution in [3.8, 4) is 0 Å². The maximum absolute atomic E-state index is 12.6. The maximum Gasteiger partial charge on any atom is 0.244 e. The average Bonchev–Trinajstić information content (AvgIpc) is 2.59. The van der Waals surface area contributed by atoms with Gasteiger partial charge in [-0.25, -0.2) is 5.06 Å². The minimum atomic E-state index is -0.591. The molecule has 0 bridgehead atoms. The summed E-state index contributed by atoms with van der Waals surface area (Å²) >= 11 is 0. The minimum absolute atomic E-state index is 0.0706. The Morgan fingerprint density at radius 2 is 1.73 bits per heavy atom. The molecule has 8 nitrogen and oxygen atoms in total. The fourth-order valence-electron chi connectivity index (χ4n) is 2.66. The first-order valence-corrected chi connectivity index (χ1v) is 9.29. The van der Waals surface area contributed by atoms with Gasteiger partial charge in [0.2, 0.25) is 18.2 Å². The highest BCUT2D eigenvalue weighted by Gasteiger charge is 2.27. The topological polar surface area (TPSA) is 93.2 Å². The lowest BCUT2D eigenvalue weighted by molar-refractivity contribution is -0.155. The molecule has 0 saturated carbocycles. The van der Waals surface area contributed by atoms with Gasteiger partial charge in [-0.3, -0.25) is 19.6 Å². The van der Waals surface area contributed by atoms with Crippen LogP contribution in [0, 0.1) is 5.92 Å². The Labute approximate surface area is 157 Å². The van der Waals surface area contributed by atoms with Gasteiger partial charge in [0.05, 0.1) is 12.5 Å². The van der Waals surface area contributed by atoms with E-state index < -0.39 is 12.0 Å². The molecule has 0 radical (unpaired) electrons. The van der Waals surface area contributed by atoms with Crippen molar-refractivity contribution < 1.29 is 19.6 Å². The van der Waals surface area contributed by atoms with Gasteiger partial charge >= 0.3 is 0 Å². The molecule has 0 heterocycles. The Bertz CT molecular complexity index is 429. The first-order chi connectivity index (χ1) is 12.2. The molecular weight excluding hydrogens is 336 g/mol. The number of carbonyl (C=O) groups is 3. The second kappa shape index (κ2) is 13.5. The van der Waals surface area contributed by atoms with Crippen molar-refractivity contribution in [3.63, 3.8) is 0 Å². The summed E-state index contributed by atoms with van der Waals surface area (Å²) in [7, 11) is 7.32. The van der Waals surface area contributed by atoms with Crippen LogP contribution in [-0.4, -0.2) is 85.6 Å². The lowest BCUT2D eigenvalue weighted by Gasteiger charge is -2.25. The minimum Gasteiger partial charge on any atom is -0.347 e. The molecule has 0 aliphatic carbocycles. The Hall–Kier alpha value is -1.67. The smallest absolute Gasteiger partial charge is 0.244 e. The second-order valence-electron chi connectivity index (χ2n) is 7.16. The molecule has 0 aliphatic heterocycles. The van der Waals surface area contributed by atoms with Crippen molar-refractivity contribution in [1.29, 1.82) is 0 Å². The van der Waals surface area contributed by atoms with Crippen LogP contribution in [0.4, 0.5) is 0 Å². The monoisotopic (exact) mass is 372 g/mol. The lowest BCUT2D eigenvalue weighted by Crippen LogP contribution is -2.49. The lowest BCUT2D eigenvalue weighted by atomic mass is 9.99. The summed E-state index contributed by atoms with van der Waals surface area (Å²) in [4.78, 5) is 39.3. The van der Waals surface area contributed by atoms with Gasteiger partial charge in [0, 0.05) is 14.1 Å². The molecule has 0 unspecified atom stereocenters. The Morgan fingerprint density at radius 3 is 2.23 bits per heavy atom. The van der Waals surface area contributed by atoms with Crippen LogP contribution in [0.3, 0.4) is 0 Å². The molecular formula is C18H36N4O4. The molecule has 3 amide bonds. The molecule has 2 atom stereocenters. The fraction of sp³-hybridized carbons (Fsp3) is 0.833. The van der Waals surface area contributed by atoms with E-state index in [9.17, 15) is 19.6 Å². The van der Waals surface area contributed by atoms with Crippen LogP contribution in [0.5, 0.6) is 0 Å². The highest BCUT2D eigenvalue weighted by molar-refractivity contribution is 5.88. The number of likely N-dealkylation sites (N-methyl/N-ethyl adjacent to an activating group) is 1. The molecule has 0 fully saturated rings. The largest absolute Gasteiger partial charge is 0.347 e. The zero-order chi connectivity index (χ0) is 20.1. The molecule has 0 rings (SSSR count). The predicted molar refractivity (Wildman–Crippen MR) is 101 cm³/mol. The van der Waals surface area contributed by atoms with Crippen molar-refractivity contribution in [1.82, 2.24) is 20.2 Å². The van der Waals surface area contributed by atoms with Crippen LogP contribution in [0.15, 0.2) is 0 Å². The summed E-state index contributed by atoms with van der Waals surface area (Å²) in [6.07, 6.45) is 4.87. The van der Waals surface area contributed by atoms with Crippen LogP contribution in [0.25, 0.3) is 0 Å². The van der Waals surface area contributed by atoms with E-state index in [0.717, 1.165) is 32.2 Å². The van der Waals surface area contributed by atoms with E-state index in [0.29, 0.717) is 17.9 Å². The highest BCUT2D eigenvalue weighted by atomic mass is 16.5. The number of hydroxylamine groups is 2. The van der Waals surface area contributed by atoms with Gasteiger partial charge in [0.1, 0.15) is 6.04 Å². The number of rotatable bonds is 14. The Balaban J connectivity index is 4.90. The quantitative estimate of drug-likeness (QED) is 0.205. The molecule has 0 aliphatic rings. The van der Waals surface area contributed by atoms with Gasteiger partial charge in [-0.15, -0.1) is 0 Å². The van der Waals surface area contributed by atoms with E-state index in [2.05, 4.69) is 10.2 Å². The van der Waals surface area contributed by atoms with E-state index in [4.69, 9.17) is 0 Å². The van der Waals surface area contributed by atoms with Crippen LogP contribution in [0.1, 0.15) is 45.4 Å². The summed E-state index contributed by atoms with van der Waals surface area (Å²) in [5.74, 6) is -0.981. The summed E-state index contributed by atoms with van der Waals surface area (Å²) in [6, 6.07) is -0.591. The third-order valence-corrected chi connectivity index (χ3v) is 4.21. The summed E-state index contributed by atoms with van der Waals surface area (Å²) in [6.45, 7) is 2.86. The normalized spacial score (nSPS) is 13.2. The van der Waals surface area contributed by atoms with E-state index in [1.165, 1.54) is 4.90 Å². The fourth-order valence-corrected chi connectivity index (χ4v) is 2.66. The van der Waals surface area contributed by atoms with Crippen molar-refractivity contribution >= 4 is 18.2 Å². The Kier molecular flexibility index (Phi) is 12.7.